The van der Waals surface area contributed by atoms with Gasteiger partial charge < -0.3 is 40.8 Å². The van der Waals surface area contributed by atoms with Crippen LogP contribution in [-0.2, 0) is 14.4 Å². The van der Waals surface area contributed by atoms with Gasteiger partial charge in [-0.2, -0.15) is 0 Å². The molecule has 4 atom stereocenters. The Bertz CT molecular complexity index is 1630. The number of hydrazine groups is 1. The molecule has 380 valence electrons. The summed E-state index contributed by atoms with van der Waals surface area (Å²) < 4.78 is 17.8. The van der Waals surface area contributed by atoms with E-state index in [0.717, 1.165) is 77.5 Å². The number of benzene rings is 1. The van der Waals surface area contributed by atoms with Crippen LogP contribution in [-0.4, -0.2) is 156 Å². The number of nitrogens with zero attached hydrogens (tertiary/aromatic N) is 6. The van der Waals surface area contributed by atoms with E-state index in [1.807, 2.05) is 13.0 Å². The van der Waals surface area contributed by atoms with Crippen molar-refractivity contribution in [1.82, 2.24) is 19.6 Å². The van der Waals surface area contributed by atoms with Crippen LogP contribution in [0.4, 0.5) is 10.1 Å². The van der Waals surface area contributed by atoms with Crippen molar-refractivity contribution in [2.45, 2.75) is 121 Å². The first-order valence-electron chi connectivity index (χ1n) is 23.7. The summed E-state index contributed by atoms with van der Waals surface area (Å²) >= 11 is 2.08. The predicted octanol–water partition coefficient (Wildman–Crippen LogP) is 6.58. The molecular weight excluding hydrogens is 874 g/mol. The number of hydrogen-bond donors (Lipinski definition) is 4. The van der Waals surface area contributed by atoms with E-state index in [2.05, 4.69) is 92.4 Å². The molecule has 5 aliphatic rings. The fourth-order valence-electron chi connectivity index (χ4n) is 9.56. The van der Waals surface area contributed by atoms with Gasteiger partial charge in [-0.15, -0.1) is 0 Å². The molecule has 17 heteroatoms. The number of rotatable bonds is 15. The maximum Gasteiger partial charge on any atom is 0.268 e. The molecule has 6 rings (SSSR count). The molecule has 1 aromatic rings. The molecule has 3 aliphatic heterocycles. The number of nitrogens with two attached hydrogens (primary N) is 2. The Morgan fingerprint density at radius 3 is 2.09 bits per heavy atom. The molecule has 67 heavy (non-hydrogen) atoms. The van der Waals surface area contributed by atoms with Crippen LogP contribution in [0, 0.1) is 23.1 Å². The first-order valence-corrected chi connectivity index (χ1v) is 24.5. The van der Waals surface area contributed by atoms with E-state index < -0.39 is 11.7 Å². The quantitative estimate of drug-likeness (QED) is 0.0367. The van der Waals surface area contributed by atoms with E-state index in [4.69, 9.17) is 9.90 Å². The van der Waals surface area contributed by atoms with Gasteiger partial charge in [-0.3, -0.25) is 28.9 Å². The average molecular weight is 960 g/mol. The average Bonchev–Trinajstić information content (AvgIpc) is 4.14. The van der Waals surface area contributed by atoms with Gasteiger partial charge in [0.15, 0.2) is 6.29 Å². The molecule has 0 radical (unpaired) electrons. The van der Waals surface area contributed by atoms with E-state index in [1.54, 1.807) is 20.2 Å². The van der Waals surface area contributed by atoms with Crippen LogP contribution < -0.4 is 21.8 Å². The second-order valence-electron chi connectivity index (χ2n) is 16.9. The van der Waals surface area contributed by atoms with Crippen molar-refractivity contribution in [2.24, 2.45) is 38.7 Å². The lowest BCUT2D eigenvalue weighted by Gasteiger charge is -2.39. The van der Waals surface area contributed by atoms with Gasteiger partial charge in [0.1, 0.15) is 25.2 Å². The van der Waals surface area contributed by atoms with Crippen molar-refractivity contribution in [3.8, 4) is 0 Å². The second kappa shape index (κ2) is 37.0. The molecule has 6 N–H and O–H groups in total. The number of aliphatic hydroxyl groups excluding tert-OH is 1. The highest BCUT2D eigenvalue weighted by molar-refractivity contribution is 7.97. The lowest BCUT2D eigenvalue weighted by atomic mass is 9.85. The first-order chi connectivity index (χ1) is 32.5. The Hall–Kier alpha value is -3.97. The number of unbranched alkanes of at least 4 members (excludes halogenated alkanes) is 2. The van der Waals surface area contributed by atoms with Crippen LogP contribution >= 0.6 is 11.9 Å². The fraction of sp³-hybridized carbons (Fsp3) is 0.660. The van der Waals surface area contributed by atoms with Gasteiger partial charge in [0.2, 0.25) is 0 Å². The van der Waals surface area contributed by atoms with Crippen molar-refractivity contribution in [3.05, 3.63) is 53.0 Å². The van der Waals surface area contributed by atoms with E-state index in [9.17, 15) is 19.2 Å². The molecule has 5 fully saturated rings. The summed E-state index contributed by atoms with van der Waals surface area (Å²) in [5.74, 6) is 0.647. The molecular formula is C50H86FN9O6S. The highest BCUT2D eigenvalue weighted by Crippen LogP contribution is 2.49. The minimum atomic E-state index is -0.440. The molecule has 2 saturated carbocycles. The molecule has 1 aromatic carbocycles. The number of likely N-dealkylation sites (tertiary alicyclic amines) is 1. The summed E-state index contributed by atoms with van der Waals surface area (Å²) in [6.07, 6.45) is 23.6. The summed E-state index contributed by atoms with van der Waals surface area (Å²) in [5.41, 5.74) is 14.0. The summed E-state index contributed by atoms with van der Waals surface area (Å²) in [7, 11) is 7.16. The molecule has 3 heterocycles. The van der Waals surface area contributed by atoms with Crippen molar-refractivity contribution in [2.75, 3.05) is 79.5 Å². The number of aldehydes is 3. The van der Waals surface area contributed by atoms with Crippen molar-refractivity contribution in [3.63, 3.8) is 0 Å². The zero-order valence-corrected chi connectivity index (χ0v) is 42.7. The van der Waals surface area contributed by atoms with Crippen molar-refractivity contribution >= 4 is 62.6 Å². The van der Waals surface area contributed by atoms with Crippen LogP contribution in [0.1, 0.15) is 124 Å². The number of piperidine rings is 2. The first kappa shape index (κ1) is 63.0. The fourth-order valence-corrected chi connectivity index (χ4v) is 10.8. The molecule has 0 aromatic heterocycles. The van der Waals surface area contributed by atoms with Gasteiger partial charge in [-0.1, -0.05) is 43.9 Å². The van der Waals surface area contributed by atoms with Crippen LogP contribution in [0.15, 0.2) is 46.0 Å². The van der Waals surface area contributed by atoms with E-state index in [1.165, 1.54) is 88.8 Å². The van der Waals surface area contributed by atoms with E-state index in [-0.39, 0.29) is 16.5 Å². The van der Waals surface area contributed by atoms with Crippen LogP contribution in [0.3, 0.4) is 0 Å². The molecule has 1 spiro atoms. The monoisotopic (exact) mass is 960 g/mol. The second-order valence-corrected chi connectivity index (χ2v) is 18.3. The largest absolute Gasteiger partial charge is 0.400 e. The molecule has 15 nitrogen and oxygen atoms in total. The van der Waals surface area contributed by atoms with Gasteiger partial charge in [-0.05, 0) is 147 Å². The summed E-state index contributed by atoms with van der Waals surface area (Å²) in [5, 5.41) is 8.96. The minimum Gasteiger partial charge on any atom is -0.400 e. The Kier molecular flexibility index (Phi) is 34.8. The maximum atomic E-state index is 15.3. The van der Waals surface area contributed by atoms with E-state index >= 15 is 4.39 Å². The number of amides is 1. The third kappa shape index (κ3) is 20.7. The van der Waals surface area contributed by atoms with Crippen LogP contribution in [0.2, 0.25) is 0 Å². The van der Waals surface area contributed by atoms with Gasteiger partial charge >= 0.3 is 0 Å². The summed E-state index contributed by atoms with van der Waals surface area (Å²) in [4.78, 5) is 64.4. The van der Waals surface area contributed by atoms with Gasteiger partial charge in [0.05, 0.1) is 17.3 Å². The number of aliphatic imine (C=N–C) groups is 2. The number of hydrogen-bond acceptors (Lipinski definition) is 15. The Morgan fingerprint density at radius 1 is 0.955 bits per heavy atom. The standard InChI is InChI=1S/C29H43FN6O2S.C12H19N.C5H8O2.2CH5N.CH4O.CH2O/c1-31-22-5-13-36(14-6-22)39-24-7-11-34(12-8-24)23-4-9-29(18-23)10-15-35(20-29)27-16-21(19-37)25(17-26(27)30)28(38)33(3)32-2;1-4-6-11(9-13-3)12-8-5-7-10(12)2;6-4-2-1-3-5-7;4*1-2/h16-17,19,22-24,32H,1,4-15,18,20H2,2-3H3;4,6,9-10,12H,3,5,7-8H2,1-2H3;4-5H,1-3H2;2*2H2,1H3;2H,1H3;1H2/b;6-4-,11-9-;;;;;. The SMILES string of the molecule is C=N/C=C(/C=C\C)C1CCCC1C.C=NC1CCN(SC2CCN(C3CCC4(CCN(c5cc(C=O)c(C(=O)N(C)NC)cc5F)C4)C3)CC2)CC1.C=O.CN.CN.CO.O=CCCCC=O. The van der Waals surface area contributed by atoms with Crippen LogP contribution in [0.5, 0.6) is 0 Å². The summed E-state index contributed by atoms with van der Waals surface area (Å²) in [6, 6.07) is 3.84. The number of halogens is 1. The van der Waals surface area contributed by atoms with Crippen molar-refractivity contribution < 1.29 is 33.5 Å². The normalized spacial score (nSPS) is 22.9. The number of aliphatic hydroxyl groups is 1. The molecule has 4 unspecified atom stereocenters. The molecule has 1 amide bonds. The lowest BCUT2D eigenvalue weighted by Crippen LogP contribution is -2.43. The number of carbonyl (C=O) groups is 5. The Balaban J connectivity index is 0.00000128. The highest BCUT2D eigenvalue weighted by Gasteiger charge is 2.46. The summed E-state index contributed by atoms with van der Waals surface area (Å²) in [6.45, 7) is 19.8. The smallest absolute Gasteiger partial charge is 0.268 e. The van der Waals surface area contributed by atoms with Gasteiger partial charge in [-0.25, -0.2) is 9.82 Å². The zero-order valence-electron chi connectivity index (χ0n) is 41.9. The number of carbonyl (C=O) groups excluding carboxylic acids is 5. The van der Waals surface area contributed by atoms with Gasteiger partial charge in [0, 0.05) is 83.3 Å². The number of allylic oxidation sites excluding steroid dienone is 3. The molecule has 2 aliphatic carbocycles. The van der Waals surface area contributed by atoms with Crippen LogP contribution in [0.25, 0.3) is 0 Å². The predicted molar refractivity (Wildman–Crippen MR) is 277 cm³/mol. The van der Waals surface area contributed by atoms with E-state index in [0.29, 0.717) is 54.5 Å². The number of anilines is 1. The minimum absolute atomic E-state index is 0.0813. The molecule has 3 saturated heterocycles. The highest BCUT2D eigenvalue weighted by atomic mass is 32.2. The molecule has 0 bridgehead atoms. The maximum absolute atomic E-state index is 15.3. The zero-order chi connectivity index (χ0) is 50.8. The Labute approximate surface area is 406 Å². The van der Waals surface area contributed by atoms with Crippen molar-refractivity contribution in [1.29, 1.82) is 0 Å². The Morgan fingerprint density at radius 2 is 1.58 bits per heavy atom. The third-order valence-electron chi connectivity index (χ3n) is 13.1. The lowest BCUT2D eigenvalue weighted by molar-refractivity contribution is -0.109. The topological polar surface area (TPSA) is 207 Å². The third-order valence-corrected chi connectivity index (χ3v) is 14.5. The van der Waals surface area contributed by atoms with Gasteiger partial charge in [0.25, 0.3) is 5.91 Å². The number of nitrogens with one attached hydrogen (secondary N) is 1.